The van der Waals surface area contributed by atoms with Crippen LogP contribution in [-0.2, 0) is 11.3 Å². The molecular formula is C22H18FN3O2. The number of aromatic nitrogens is 1. The van der Waals surface area contributed by atoms with E-state index in [0.717, 1.165) is 16.6 Å². The summed E-state index contributed by atoms with van der Waals surface area (Å²) in [4.78, 5) is 23.3. The number of carbonyl (C=O) groups excluding carboxylic acids is 2. The van der Waals surface area contributed by atoms with E-state index in [9.17, 15) is 14.0 Å². The highest BCUT2D eigenvalue weighted by molar-refractivity contribution is 6.17. The van der Waals surface area contributed by atoms with E-state index in [1.165, 1.54) is 19.1 Å². The van der Waals surface area contributed by atoms with Gasteiger partial charge in [0, 0.05) is 41.0 Å². The fourth-order valence-corrected chi connectivity index (χ4v) is 3.63. The summed E-state index contributed by atoms with van der Waals surface area (Å²) in [6.07, 6.45) is 0. The number of carbonyl (C=O) groups is 2. The minimum atomic E-state index is -0.554. The lowest BCUT2D eigenvalue weighted by Gasteiger charge is -2.10. The number of benzene rings is 3. The van der Waals surface area contributed by atoms with Crippen LogP contribution in [0, 0.1) is 5.82 Å². The number of halogens is 1. The summed E-state index contributed by atoms with van der Waals surface area (Å²) in [7, 11) is 0. The number of nitrogens with one attached hydrogen (secondary N) is 1. The Hall–Kier alpha value is -3.67. The average Bonchev–Trinajstić information content (AvgIpc) is 2.94. The van der Waals surface area contributed by atoms with Crippen molar-refractivity contribution in [1.29, 1.82) is 0 Å². The number of nitrogens with two attached hydrogens (primary N) is 1. The number of amides is 2. The van der Waals surface area contributed by atoms with Gasteiger partial charge >= 0.3 is 0 Å². The number of hydrogen-bond donors (Lipinski definition) is 2. The van der Waals surface area contributed by atoms with Crippen molar-refractivity contribution >= 4 is 39.3 Å². The highest BCUT2D eigenvalue weighted by Gasteiger charge is 2.17. The molecule has 0 saturated carbocycles. The van der Waals surface area contributed by atoms with E-state index in [1.54, 1.807) is 18.2 Å². The van der Waals surface area contributed by atoms with Gasteiger partial charge in [-0.05, 0) is 48.0 Å². The van der Waals surface area contributed by atoms with E-state index in [4.69, 9.17) is 5.73 Å². The molecule has 4 rings (SSSR count). The number of nitrogens with zero attached hydrogens (tertiary/aromatic N) is 1. The molecule has 0 fully saturated rings. The van der Waals surface area contributed by atoms with E-state index in [-0.39, 0.29) is 11.7 Å². The quantitative estimate of drug-likeness (QED) is 0.565. The SMILES string of the molecule is CC(=O)Nc1cccc(Cn2c3ccc(F)cc3c3c(C(N)=O)cccc32)c1. The van der Waals surface area contributed by atoms with E-state index in [1.807, 2.05) is 34.9 Å². The largest absolute Gasteiger partial charge is 0.366 e. The maximum atomic E-state index is 13.9. The van der Waals surface area contributed by atoms with Crippen molar-refractivity contribution in [3.63, 3.8) is 0 Å². The van der Waals surface area contributed by atoms with Crippen LogP contribution < -0.4 is 11.1 Å². The first-order valence-electron chi connectivity index (χ1n) is 8.81. The van der Waals surface area contributed by atoms with Crippen LogP contribution >= 0.6 is 0 Å². The van der Waals surface area contributed by atoms with Gasteiger partial charge < -0.3 is 15.6 Å². The Morgan fingerprint density at radius 2 is 1.82 bits per heavy atom. The summed E-state index contributed by atoms with van der Waals surface area (Å²) in [6, 6.07) is 17.3. The van der Waals surface area contributed by atoms with Gasteiger partial charge in [0.15, 0.2) is 0 Å². The van der Waals surface area contributed by atoms with Gasteiger partial charge in [0.25, 0.3) is 0 Å². The van der Waals surface area contributed by atoms with Crippen LogP contribution in [0.3, 0.4) is 0 Å². The van der Waals surface area contributed by atoms with E-state index >= 15 is 0 Å². The maximum Gasteiger partial charge on any atom is 0.249 e. The number of anilines is 1. The first kappa shape index (κ1) is 17.7. The Labute approximate surface area is 160 Å². The van der Waals surface area contributed by atoms with Gasteiger partial charge in [0.05, 0.1) is 5.52 Å². The minimum Gasteiger partial charge on any atom is -0.366 e. The van der Waals surface area contributed by atoms with E-state index in [2.05, 4.69) is 5.32 Å². The van der Waals surface area contributed by atoms with Crippen molar-refractivity contribution in [3.8, 4) is 0 Å². The second kappa shape index (κ2) is 6.81. The summed E-state index contributed by atoms with van der Waals surface area (Å²) in [5, 5.41) is 4.05. The summed E-state index contributed by atoms with van der Waals surface area (Å²) in [5.41, 5.74) is 9.17. The molecule has 140 valence electrons. The molecule has 1 aromatic heterocycles. The van der Waals surface area contributed by atoms with Gasteiger partial charge in [-0.25, -0.2) is 4.39 Å². The molecule has 0 aliphatic rings. The zero-order chi connectivity index (χ0) is 19.8. The van der Waals surface area contributed by atoms with Crippen LogP contribution in [0.4, 0.5) is 10.1 Å². The summed E-state index contributed by atoms with van der Waals surface area (Å²) < 4.78 is 16.0. The maximum absolute atomic E-state index is 13.9. The van der Waals surface area contributed by atoms with Gasteiger partial charge in [0.2, 0.25) is 11.8 Å². The van der Waals surface area contributed by atoms with Gasteiger partial charge in [-0.15, -0.1) is 0 Å². The molecule has 0 unspecified atom stereocenters. The third-order valence-corrected chi connectivity index (χ3v) is 4.71. The summed E-state index contributed by atoms with van der Waals surface area (Å²) >= 11 is 0. The van der Waals surface area contributed by atoms with E-state index in [0.29, 0.717) is 28.6 Å². The van der Waals surface area contributed by atoms with Crippen LogP contribution in [0.25, 0.3) is 21.8 Å². The topological polar surface area (TPSA) is 77.1 Å². The molecule has 0 aliphatic heterocycles. The van der Waals surface area contributed by atoms with Gasteiger partial charge in [-0.3, -0.25) is 9.59 Å². The molecule has 2 amide bonds. The summed E-state index contributed by atoms with van der Waals surface area (Å²) in [6.45, 7) is 1.95. The normalized spacial score (nSPS) is 11.1. The van der Waals surface area contributed by atoms with Gasteiger partial charge in [0.1, 0.15) is 5.82 Å². The monoisotopic (exact) mass is 375 g/mol. The van der Waals surface area contributed by atoms with Crippen molar-refractivity contribution in [2.45, 2.75) is 13.5 Å². The molecule has 1 heterocycles. The van der Waals surface area contributed by atoms with Crippen LogP contribution in [0.1, 0.15) is 22.8 Å². The van der Waals surface area contributed by atoms with E-state index < -0.39 is 5.91 Å². The first-order chi connectivity index (χ1) is 13.4. The zero-order valence-electron chi connectivity index (χ0n) is 15.2. The predicted octanol–water partition coefficient (Wildman–Crippen LogP) is 4.04. The second-order valence-corrected chi connectivity index (χ2v) is 6.69. The molecule has 28 heavy (non-hydrogen) atoms. The molecule has 5 nitrogen and oxygen atoms in total. The first-order valence-corrected chi connectivity index (χ1v) is 8.81. The lowest BCUT2D eigenvalue weighted by atomic mass is 10.1. The molecule has 0 bridgehead atoms. The molecule has 0 atom stereocenters. The molecule has 3 N–H and O–H groups in total. The van der Waals surface area contributed by atoms with Gasteiger partial charge in [-0.2, -0.15) is 0 Å². The van der Waals surface area contributed by atoms with Crippen molar-refractivity contribution in [3.05, 3.63) is 77.6 Å². The predicted molar refractivity (Wildman–Crippen MR) is 108 cm³/mol. The number of hydrogen-bond acceptors (Lipinski definition) is 2. The van der Waals surface area contributed by atoms with Crippen molar-refractivity contribution in [2.75, 3.05) is 5.32 Å². The lowest BCUT2D eigenvalue weighted by Crippen LogP contribution is -2.11. The van der Waals surface area contributed by atoms with Crippen LogP contribution in [0.5, 0.6) is 0 Å². The minimum absolute atomic E-state index is 0.143. The third kappa shape index (κ3) is 3.09. The third-order valence-electron chi connectivity index (χ3n) is 4.71. The Morgan fingerprint density at radius 1 is 1.04 bits per heavy atom. The Balaban J connectivity index is 1.93. The molecule has 0 radical (unpaired) electrons. The summed E-state index contributed by atoms with van der Waals surface area (Å²) in [5.74, 6) is -1.07. The van der Waals surface area contributed by atoms with Gasteiger partial charge in [-0.1, -0.05) is 18.2 Å². The smallest absolute Gasteiger partial charge is 0.249 e. The van der Waals surface area contributed by atoms with Crippen LogP contribution in [0.15, 0.2) is 60.7 Å². The molecule has 0 saturated heterocycles. The van der Waals surface area contributed by atoms with Crippen LogP contribution in [-0.4, -0.2) is 16.4 Å². The Bertz CT molecular complexity index is 1240. The number of fused-ring (bicyclic) bond motifs is 3. The highest BCUT2D eigenvalue weighted by atomic mass is 19.1. The molecule has 0 aliphatic carbocycles. The fraction of sp³-hybridized carbons (Fsp3) is 0.0909. The fourth-order valence-electron chi connectivity index (χ4n) is 3.63. The van der Waals surface area contributed by atoms with Crippen molar-refractivity contribution < 1.29 is 14.0 Å². The second-order valence-electron chi connectivity index (χ2n) is 6.69. The highest BCUT2D eigenvalue weighted by Crippen LogP contribution is 2.33. The standard InChI is InChI=1S/C22H18FN3O2/c1-13(27)25-16-5-2-4-14(10-16)12-26-19-9-8-15(23)11-18(19)21-17(22(24)28)6-3-7-20(21)26/h2-11H,12H2,1H3,(H2,24,28)(H,25,27). The number of rotatable bonds is 4. The molecule has 0 spiro atoms. The van der Waals surface area contributed by atoms with Crippen molar-refractivity contribution in [1.82, 2.24) is 4.57 Å². The van der Waals surface area contributed by atoms with Crippen LogP contribution in [0.2, 0.25) is 0 Å². The van der Waals surface area contributed by atoms with Crippen molar-refractivity contribution in [2.24, 2.45) is 5.73 Å². The lowest BCUT2D eigenvalue weighted by molar-refractivity contribution is -0.114. The average molecular weight is 375 g/mol. The Morgan fingerprint density at radius 3 is 2.57 bits per heavy atom. The number of primary amides is 1. The molecule has 4 aromatic rings. The molecule has 3 aromatic carbocycles. The molecule has 6 heteroatoms. The Kier molecular flexibility index (Phi) is 4.31. The molecular weight excluding hydrogens is 357 g/mol. The zero-order valence-corrected chi connectivity index (χ0v) is 15.2.